The maximum absolute atomic E-state index is 12.3. The van der Waals surface area contributed by atoms with Crippen molar-refractivity contribution in [3.63, 3.8) is 0 Å². The Morgan fingerprint density at radius 2 is 1.80 bits per heavy atom. The Kier molecular flexibility index (Phi) is 2.73. The second kappa shape index (κ2) is 4.02. The number of ether oxygens (including phenoxy) is 2. The Morgan fingerprint density at radius 3 is 2.47 bits per heavy atom. The molecule has 1 aromatic rings. The molecular weight excluding hydrogens is 204 g/mol. The first-order valence-corrected chi connectivity index (χ1v) is 4.62. The van der Waals surface area contributed by atoms with Gasteiger partial charge in [0.15, 0.2) is 11.5 Å². The Hall–Kier alpha value is -1.36. The maximum Gasteiger partial charge on any atom is 0.257 e. The van der Waals surface area contributed by atoms with Crippen molar-refractivity contribution >= 4 is 0 Å². The summed E-state index contributed by atoms with van der Waals surface area (Å²) < 4.78 is 35.2. The van der Waals surface area contributed by atoms with Gasteiger partial charge in [0, 0.05) is 0 Å². The van der Waals surface area contributed by atoms with Crippen molar-refractivity contribution in [3.8, 4) is 11.5 Å². The van der Waals surface area contributed by atoms with Crippen LogP contribution in [0.5, 0.6) is 11.5 Å². The molecule has 82 valence electrons. The number of benzene rings is 1. The Morgan fingerprint density at radius 1 is 1.13 bits per heavy atom. The van der Waals surface area contributed by atoms with Gasteiger partial charge in [0.05, 0.1) is 6.04 Å². The minimum atomic E-state index is -2.58. The van der Waals surface area contributed by atoms with Gasteiger partial charge in [0.25, 0.3) is 6.43 Å². The molecule has 0 bridgehead atoms. The summed E-state index contributed by atoms with van der Waals surface area (Å²) in [4.78, 5) is 0. The van der Waals surface area contributed by atoms with Crippen LogP contribution in [0, 0.1) is 0 Å². The molecule has 1 aliphatic rings. The molecular formula is C10H11F2NO2. The molecule has 3 nitrogen and oxygen atoms in total. The van der Waals surface area contributed by atoms with E-state index in [1.807, 2.05) is 0 Å². The fourth-order valence-electron chi connectivity index (χ4n) is 1.41. The van der Waals surface area contributed by atoms with Crippen molar-refractivity contribution in [2.45, 2.75) is 12.5 Å². The van der Waals surface area contributed by atoms with Crippen molar-refractivity contribution in [2.24, 2.45) is 5.73 Å². The molecule has 0 spiro atoms. The van der Waals surface area contributed by atoms with Gasteiger partial charge in [-0.25, -0.2) is 8.78 Å². The van der Waals surface area contributed by atoms with E-state index in [9.17, 15) is 8.78 Å². The van der Waals surface area contributed by atoms with Crippen LogP contribution in [-0.4, -0.2) is 19.6 Å². The molecule has 1 aliphatic heterocycles. The van der Waals surface area contributed by atoms with Crippen LogP contribution in [0.15, 0.2) is 18.2 Å². The van der Waals surface area contributed by atoms with Gasteiger partial charge >= 0.3 is 0 Å². The largest absolute Gasteiger partial charge is 0.486 e. The first-order chi connectivity index (χ1) is 7.18. The number of hydrogen-bond donors (Lipinski definition) is 1. The highest BCUT2D eigenvalue weighted by Crippen LogP contribution is 2.33. The summed E-state index contributed by atoms with van der Waals surface area (Å²) >= 11 is 0. The highest BCUT2D eigenvalue weighted by molar-refractivity contribution is 5.44. The lowest BCUT2D eigenvalue weighted by Gasteiger charge is -2.20. The Labute approximate surface area is 85.8 Å². The molecule has 15 heavy (non-hydrogen) atoms. The van der Waals surface area contributed by atoms with E-state index >= 15 is 0 Å². The van der Waals surface area contributed by atoms with Gasteiger partial charge in [0.2, 0.25) is 0 Å². The number of hydrogen-bond acceptors (Lipinski definition) is 3. The predicted molar refractivity (Wildman–Crippen MR) is 50.4 cm³/mol. The molecule has 0 saturated heterocycles. The molecule has 1 aromatic carbocycles. The molecule has 2 rings (SSSR count). The third kappa shape index (κ3) is 2.02. The molecule has 0 aliphatic carbocycles. The second-order valence-corrected chi connectivity index (χ2v) is 3.26. The SMILES string of the molecule is NC(c1ccc2c(c1)OCCO2)C(F)F. The van der Waals surface area contributed by atoms with Crippen LogP contribution in [0.1, 0.15) is 11.6 Å². The summed E-state index contributed by atoms with van der Waals surface area (Å²) in [6, 6.07) is 3.36. The highest BCUT2D eigenvalue weighted by atomic mass is 19.3. The Bertz CT molecular complexity index is 357. The summed E-state index contributed by atoms with van der Waals surface area (Å²) in [5.41, 5.74) is 5.68. The van der Waals surface area contributed by atoms with Gasteiger partial charge in [-0.3, -0.25) is 0 Å². The van der Waals surface area contributed by atoms with E-state index in [1.54, 1.807) is 6.07 Å². The normalized spacial score (nSPS) is 16.5. The van der Waals surface area contributed by atoms with Crippen LogP contribution in [0.2, 0.25) is 0 Å². The van der Waals surface area contributed by atoms with E-state index < -0.39 is 12.5 Å². The summed E-state index contributed by atoms with van der Waals surface area (Å²) in [5, 5.41) is 0. The van der Waals surface area contributed by atoms with Gasteiger partial charge in [0.1, 0.15) is 13.2 Å². The monoisotopic (exact) mass is 215 g/mol. The smallest absolute Gasteiger partial charge is 0.257 e. The standard InChI is InChI=1S/C10H11F2NO2/c11-10(12)9(13)6-1-2-7-8(5-6)15-4-3-14-7/h1-2,5,9-10H,3-4,13H2. The van der Waals surface area contributed by atoms with E-state index in [1.165, 1.54) is 12.1 Å². The van der Waals surface area contributed by atoms with Crippen LogP contribution < -0.4 is 15.2 Å². The molecule has 2 N–H and O–H groups in total. The zero-order valence-corrected chi connectivity index (χ0v) is 7.95. The number of nitrogens with two attached hydrogens (primary N) is 1. The van der Waals surface area contributed by atoms with E-state index in [2.05, 4.69) is 0 Å². The molecule has 0 radical (unpaired) electrons. The molecule has 1 heterocycles. The average molecular weight is 215 g/mol. The molecule has 0 fully saturated rings. The predicted octanol–water partition coefficient (Wildman–Crippen LogP) is 1.72. The molecule has 5 heteroatoms. The summed E-state index contributed by atoms with van der Waals surface area (Å²) in [6.45, 7) is 0.910. The lowest BCUT2D eigenvalue weighted by Crippen LogP contribution is -2.20. The molecule has 1 atom stereocenters. The van der Waals surface area contributed by atoms with E-state index in [4.69, 9.17) is 15.2 Å². The fraction of sp³-hybridized carbons (Fsp3) is 0.400. The molecule has 0 saturated carbocycles. The van der Waals surface area contributed by atoms with E-state index in [0.29, 0.717) is 30.3 Å². The molecule has 1 unspecified atom stereocenters. The quantitative estimate of drug-likeness (QED) is 0.817. The minimum absolute atomic E-state index is 0.356. The van der Waals surface area contributed by atoms with Crippen LogP contribution in [-0.2, 0) is 0 Å². The number of rotatable bonds is 2. The number of fused-ring (bicyclic) bond motifs is 1. The van der Waals surface area contributed by atoms with Crippen molar-refractivity contribution in [1.29, 1.82) is 0 Å². The second-order valence-electron chi connectivity index (χ2n) is 3.26. The molecule has 0 amide bonds. The zero-order valence-electron chi connectivity index (χ0n) is 7.95. The highest BCUT2D eigenvalue weighted by Gasteiger charge is 2.20. The summed E-state index contributed by atoms with van der Waals surface area (Å²) in [6.07, 6.45) is -2.58. The van der Waals surface area contributed by atoms with Crippen molar-refractivity contribution in [2.75, 3.05) is 13.2 Å². The van der Waals surface area contributed by atoms with E-state index in [-0.39, 0.29) is 0 Å². The molecule has 0 aromatic heterocycles. The number of halogens is 2. The third-order valence-electron chi connectivity index (χ3n) is 2.22. The van der Waals surface area contributed by atoms with Gasteiger partial charge in [-0.1, -0.05) is 6.07 Å². The zero-order chi connectivity index (χ0) is 10.8. The number of alkyl halides is 2. The average Bonchev–Trinajstić information content (AvgIpc) is 2.27. The Balaban J connectivity index is 2.27. The lowest BCUT2D eigenvalue weighted by molar-refractivity contribution is 0.116. The van der Waals surface area contributed by atoms with Crippen molar-refractivity contribution in [1.82, 2.24) is 0 Å². The first-order valence-electron chi connectivity index (χ1n) is 4.62. The van der Waals surface area contributed by atoms with Gasteiger partial charge in [-0.15, -0.1) is 0 Å². The topological polar surface area (TPSA) is 44.5 Å². The van der Waals surface area contributed by atoms with Gasteiger partial charge in [-0.05, 0) is 17.7 Å². The first kappa shape index (κ1) is 10.2. The maximum atomic E-state index is 12.3. The van der Waals surface area contributed by atoms with Crippen LogP contribution in [0.25, 0.3) is 0 Å². The van der Waals surface area contributed by atoms with Gasteiger partial charge in [-0.2, -0.15) is 0 Å². The minimum Gasteiger partial charge on any atom is -0.486 e. The van der Waals surface area contributed by atoms with Gasteiger partial charge < -0.3 is 15.2 Å². The summed E-state index contributed by atoms with van der Waals surface area (Å²) in [7, 11) is 0. The lowest BCUT2D eigenvalue weighted by atomic mass is 10.1. The summed E-state index contributed by atoms with van der Waals surface area (Å²) in [5.74, 6) is 1.06. The van der Waals surface area contributed by atoms with Crippen LogP contribution >= 0.6 is 0 Å². The van der Waals surface area contributed by atoms with Crippen molar-refractivity contribution in [3.05, 3.63) is 23.8 Å². The van der Waals surface area contributed by atoms with Crippen molar-refractivity contribution < 1.29 is 18.3 Å². The van der Waals surface area contributed by atoms with Crippen LogP contribution in [0.4, 0.5) is 8.78 Å². The van der Waals surface area contributed by atoms with E-state index in [0.717, 1.165) is 0 Å². The fourth-order valence-corrected chi connectivity index (χ4v) is 1.41. The van der Waals surface area contributed by atoms with Crippen LogP contribution in [0.3, 0.4) is 0 Å². The third-order valence-corrected chi connectivity index (χ3v) is 2.22.